The molecule has 0 unspecified atom stereocenters. The Hall–Kier alpha value is -3.12. The minimum absolute atomic E-state index is 0.0203. The van der Waals surface area contributed by atoms with Crippen molar-refractivity contribution in [3.8, 4) is 5.69 Å². The molecule has 1 heterocycles. The van der Waals surface area contributed by atoms with Gasteiger partial charge in [0.05, 0.1) is 12.2 Å². The Kier molecular flexibility index (Phi) is 8.39. The molecule has 1 aromatic heterocycles. The zero-order chi connectivity index (χ0) is 25.8. The summed E-state index contributed by atoms with van der Waals surface area (Å²) in [6.45, 7) is 10.6. The van der Waals surface area contributed by atoms with Gasteiger partial charge in [-0.15, -0.1) is 0 Å². The van der Waals surface area contributed by atoms with Crippen LogP contribution in [-0.2, 0) is 11.8 Å². The highest BCUT2D eigenvalue weighted by atomic mass is 35.5. The monoisotopic (exact) mass is 495 g/mol. The molecule has 0 aliphatic rings. The highest BCUT2D eigenvalue weighted by Crippen LogP contribution is 2.23. The van der Waals surface area contributed by atoms with E-state index in [0.29, 0.717) is 41.4 Å². The first kappa shape index (κ1) is 26.5. The lowest BCUT2D eigenvalue weighted by Crippen LogP contribution is -2.38. The lowest BCUT2D eigenvalue weighted by Gasteiger charge is -2.23. The van der Waals surface area contributed by atoms with E-state index in [1.807, 2.05) is 26.0 Å². The van der Waals surface area contributed by atoms with E-state index in [0.717, 1.165) is 12.0 Å². The second-order valence-electron chi connectivity index (χ2n) is 9.81. The van der Waals surface area contributed by atoms with Crippen LogP contribution in [0.4, 0.5) is 0 Å². The molecule has 0 aliphatic heterocycles. The molecule has 0 aliphatic carbocycles. The van der Waals surface area contributed by atoms with E-state index in [9.17, 15) is 14.4 Å². The van der Waals surface area contributed by atoms with Gasteiger partial charge in [0.15, 0.2) is 5.78 Å². The van der Waals surface area contributed by atoms with Gasteiger partial charge in [-0.1, -0.05) is 70.8 Å². The molecular weight excluding hydrogens is 462 g/mol. The fourth-order valence-corrected chi connectivity index (χ4v) is 4.25. The molecule has 186 valence electrons. The molecule has 0 fully saturated rings. The van der Waals surface area contributed by atoms with E-state index in [-0.39, 0.29) is 29.2 Å². The van der Waals surface area contributed by atoms with Crippen molar-refractivity contribution < 1.29 is 9.59 Å². The fraction of sp³-hybridized carbons (Fsp3) is 0.393. The number of aromatic amines is 1. The molecule has 6 nitrogen and oxygen atoms in total. The summed E-state index contributed by atoms with van der Waals surface area (Å²) in [6.07, 6.45) is 1.99. The molecule has 0 spiro atoms. The van der Waals surface area contributed by atoms with Crippen LogP contribution < -0.4 is 5.56 Å². The first-order valence-electron chi connectivity index (χ1n) is 12.1. The molecule has 0 radical (unpaired) electrons. The minimum atomic E-state index is -0.431. The molecule has 35 heavy (non-hydrogen) atoms. The van der Waals surface area contributed by atoms with Crippen LogP contribution in [0, 0.1) is 0 Å². The normalized spacial score (nSPS) is 11.5. The van der Waals surface area contributed by atoms with Crippen LogP contribution in [0.25, 0.3) is 5.69 Å². The summed E-state index contributed by atoms with van der Waals surface area (Å²) in [4.78, 5) is 41.5. The molecule has 3 rings (SSSR count). The summed E-state index contributed by atoms with van der Waals surface area (Å²) < 4.78 is 1.35. The highest BCUT2D eigenvalue weighted by molar-refractivity contribution is 6.30. The zero-order valence-electron chi connectivity index (χ0n) is 21.2. The number of halogens is 1. The number of ketones is 1. The third kappa shape index (κ3) is 6.12. The Morgan fingerprint density at radius 3 is 2.29 bits per heavy atom. The van der Waals surface area contributed by atoms with E-state index in [1.165, 1.54) is 9.58 Å². The molecule has 0 bridgehead atoms. The summed E-state index contributed by atoms with van der Waals surface area (Å²) in [5.74, 6) is -0.591. The summed E-state index contributed by atoms with van der Waals surface area (Å²) >= 11 is 6.11. The smallest absolute Gasteiger partial charge is 0.282 e. The van der Waals surface area contributed by atoms with Crippen molar-refractivity contribution in [1.29, 1.82) is 0 Å². The van der Waals surface area contributed by atoms with Gasteiger partial charge in [-0.05, 0) is 54.2 Å². The van der Waals surface area contributed by atoms with Crippen molar-refractivity contribution in [3.05, 3.63) is 86.3 Å². The van der Waals surface area contributed by atoms with Crippen molar-refractivity contribution in [1.82, 2.24) is 14.7 Å². The third-order valence-corrected chi connectivity index (χ3v) is 6.16. The lowest BCUT2D eigenvalue weighted by atomic mass is 9.86. The predicted octanol–water partition coefficient (Wildman–Crippen LogP) is 5.80. The van der Waals surface area contributed by atoms with Gasteiger partial charge in [0.2, 0.25) is 0 Å². The van der Waals surface area contributed by atoms with Gasteiger partial charge >= 0.3 is 0 Å². The maximum Gasteiger partial charge on any atom is 0.282 e. The largest absolute Gasteiger partial charge is 0.331 e. The fourth-order valence-electron chi connectivity index (χ4n) is 4.07. The Balaban J connectivity index is 1.92. The molecule has 2 aromatic carbocycles. The SMILES string of the molecule is CCCc1[nH]n(-c2cccc(Cl)c2)c(=O)c1C(=O)CN(CCC)C(=O)c1ccc(C(C)(C)C)cc1. The second kappa shape index (κ2) is 11.1. The topological polar surface area (TPSA) is 75.2 Å². The van der Waals surface area contributed by atoms with E-state index < -0.39 is 5.56 Å². The first-order chi connectivity index (χ1) is 16.6. The van der Waals surface area contributed by atoms with Crippen molar-refractivity contribution in [2.45, 2.75) is 59.3 Å². The van der Waals surface area contributed by atoms with Crippen LogP contribution in [0.15, 0.2) is 53.3 Å². The summed E-state index contributed by atoms with van der Waals surface area (Å²) in [6, 6.07) is 14.4. The van der Waals surface area contributed by atoms with Gasteiger partial charge in [0.25, 0.3) is 11.5 Å². The van der Waals surface area contributed by atoms with Crippen LogP contribution in [-0.4, -0.2) is 39.5 Å². The Labute approximate surface area is 211 Å². The van der Waals surface area contributed by atoms with Crippen molar-refractivity contribution in [2.75, 3.05) is 13.1 Å². The number of hydrogen-bond donors (Lipinski definition) is 1. The maximum absolute atomic E-state index is 13.4. The van der Waals surface area contributed by atoms with Crippen LogP contribution in [0.2, 0.25) is 5.02 Å². The number of Topliss-reactive ketones (excluding diaryl/α,β-unsaturated/α-hetero) is 1. The number of benzene rings is 2. The van der Waals surface area contributed by atoms with Crippen LogP contribution in [0.5, 0.6) is 0 Å². The van der Waals surface area contributed by atoms with Gasteiger partial charge in [-0.3, -0.25) is 19.5 Å². The molecule has 7 heteroatoms. The molecule has 0 saturated carbocycles. The number of aromatic nitrogens is 2. The van der Waals surface area contributed by atoms with Crippen LogP contribution in [0.3, 0.4) is 0 Å². The lowest BCUT2D eigenvalue weighted by molar-refractivity contribution is 0.0709. The average molecular weight is 496 g/mol. The highest BCUT2D eigenvalue weighted by Gasteiger charge is 2.26. The Morgan fingerprint density at radius 1 is 1.03 bits per heavy atom. The maximum atomic E-state index is 13.4. The Bertz CT molecular complexity index is 1250. The van der Waals surface area contributed by atoms with Crippen LogP contribution >= 0.6 is 11.6 Å². The van der Waals surface area contributed by atoms with Crippen LogP contribution in [0.1, 0.15) is 79.4 Å². The van der Waals surface area contributed by atoms with Gasteiger partial charge in [-0.2, -0.15) is 0 Å². The molecule has 1 N–H and O–H groups in total. The summed E-state index contributed by atoms with van der Waals surface area (Å²) in [5, 5.41) is 3.57. The number of amides is 1. The second-order valence-corrected chi connectivity index (χ2v) is 10.2. The summed E-state index contributed by atoms with van der Waals surface area (Å²) in [7, 11) is 0. The molecular formula is C28H34ClN3O3. The predicted molar refractivity (Wildman–Crippen MR) is 141 cm³/mol. The number of carbonyl (C=O) groups is 2. The standard InChI is InChI=1S/C28H34ClN3O3/c1-6-9-23-25(27(35)32(30-23)22-11-8-10-21(29)17-22)24(33)18-31(16-7-2)26(34)19-12-14-20(15-13-19)28(3,4)5/h8,10-15,17,30H,6-7,9,16,18H2,1-5H3. The van der Waals surface area contributed by atoms with Gasteiger partial charge < -0.3 is 4.90 Å². The van der Waals surface area contributed by atoms with Gasteiger partial charge in [-0.25, -0.2) is 4.68 Å². The van der Waals surface area contributed by atoms with Gasteiger partial charge in [0.1, 0.15) is 5.56 Å². The van der Waals surface area contributed by atoms with E-state index in [4.69, 9.17) is 11.6 Å². The minimum Gasteiger partial charge on any atom is -0.331 e. The number of nitrogens with one attached hydrogen (secondary N) is 1. The average Bonchev–Trinajstić information content (AvgIpc) is 3.14. The summed E-state index contributed by atoms with van der Waals surface area (Å²) in [5.41, 5.74) is 2.43. The first-order valence-corrected chi connectivity index (χ1v) is 12.5. The van der Waals surface area contributed by atoms with E-state index in [2.05, 4.69) is 25.9 Å². The molecule has 0 atom stereocenters. The number of H-pyrrole nitrogens is 1. The van der Waals surface area contributed by atoms with Crippen molar-refractivity contribution in [2.24, 2.45) is 0 Å². The van der Waals surface area contributed by atoms with E-state index >= 15 is 0 Å². The van der Waals surface area contributed by atoms with Crippen molar-refractivity contribution >= 4 is 23.3 Å². The number of aryl methyl sites for hydroxylation is 1. The Morgan fingerprint density at radius 2 is 1.71 bits per heavy atom. The number of rotatable bonds is 9. The number of hydrogen-bond acceptors (Lipinski definition) is 3. The molecule has 1 amide bonds. The quantitative estimate of drug-likeness (QED) is 0.381. The number of nitrogens with zero attached hydrogens (tertiary/aromatic N) is 2. The van der Waals surface area contributed by atoms with Crippen molar-refractivity contribution in [3.63, 3.8) is 0 Å². The molecule has 0 saturated heterocycles. The van der Waals surface area contributed by atoms with Gasteiger partial charge in [0, 0.05) is 22.8 Å². The third-order valence-electron chi connectivity index (χ3n) is 5.92. The van der Waals surface area contributed by atoms with E-state index in [1.54, 1.807) is 36.4 Å². The number of carbonyl (C=O) groups excluding carboxylic acids is 2. The zero-order valence-corrected chi connectivity index (χ0v) is 21.9. The molecule has 3 aromatic rings.